The fourth-order valence-electron chi connectivity index (χ4n) is 2.01. The van der Waals surface area contributed by atoms with E-state index in [1.54, 1.807) is 30.8 Å². The summed E-state index contributed by atoms with van der Waals surface area (Å²) in [7, 11) is 1.55. The van der Waals surface area contributed by atoms with Gasteiger partial charge < -0.3 is 19.5 Å². The minimum Gasteiger partial charge on any atom is -0.493 e. The molecule has 0 saturated heterocycles. The molecule has 0 aliphatic carbocycles. The van der Waals surface area contributed by atoms with Gasteiger partial charge in [-0.15, -0.1) is 11.3 Å². The van der Waals surface area contributed by atoms with E-state index in [4.69, 9.17) is 14.2 Å². The number of carbonyl (C=O) groups is 1. The summed E-state index contributed by atoms with van der Waals surface area (Å²) < 4.78 is 16.3. The number of hydrogen-bond acceptors (Lipinski definition) is 6. The molecule has 0 aliphatic rings. The molecule has 6 nitrogen and oxygen atoms in total. The first-order chi connectivity index (χ1) is 11.7. The Bertz CT molecular complexity index is 632. The van der Waals surface area contributed by atoms with Crippen LogP contribution < -0.4 is 14.8 Å². The van der Waals surface area contributed by atoms with Crippen LogP contribution >= 0.6 is 11.3 Å². The van der Waals surface area contributed by atoms with Crippen molar-refractivity contribution in [3.05, 3.63) is 40.3 Å². The van der Waals surface area contributed by atoms with Gasteiger partial charge in [-0.05, 0) is 31.5 Å². The van der Waals surface area contributed by atoms with Crippen molar-refractivity contribution in [2.75, 3.05) is 26.9 Å². The molecule has 0 aliphatic heterocycles. The van der Waals surface area contributed by atoms with E-state index in [-0.39, 0.29) is 5.91 Å². The molecule has 24 heavy (non-hydrogen) atoms. The zero-order valence-corrected chi connectivity index (χ0v) is 14.7. The molecular formula is C17H22N2O4S. The monoisotopic (exact) mass is 350 g/mol. The molecule has 130 valence electrons. The van der Waals surface area contributed by atoms with Crippen molar-refractivity contribution in [3.63, 3.8) is 0 Å². The average Bonchev–Trinajstić information content (AvgIpc) is 3.13. The standard InChI is InChI=1S/C17H22N2O4S/c1-3-22-8-4-7-18-17(20)13-5-6-15(16(9-13)21-2)23-10-14-11-24-12-19-14/h5-6,9,11-12H,3-4,7-8,10H2,1-2H3,(H,18,20). The van der Waals surface area contributed by atoms with E-state index in [9.17, 15) is 4.79 Å². The number of thiazole rings is 1. The van der Waals surface area contributed by atoms with E-state index in [1.165, 1.54) is 11.3 Å². The Balaban J connectivity index is 1.90. The molecule has 0 bridgehead atoms. The van der Waals surface area contributed by atoms with Crippen molar-refractivity contribution < 1.29 is 19.0 Å². The van der Waals surface area contributed by atoms with Crippen molar-refractivity contribution >= 4 is 17.2 Å². The van der Waals surface area contributed by atoms with Crippen LogP contribution in [0.4, 0.5) is 0 Å². The molecule has 1 amide bonds. The van der Waals surface area contributed by atoms with Gasteiger partial charge in [-0.1, -0.05) is 0 Å². The number of aromatic nitrogens is 1. The van der Waals surface area contributed by atoms with Crippen molar-refractivity contribution in [1.82, 2.24) is 10.3 Å². The first kappa shape index (κ1) is 18.2. The topological polar surface area (TPSA) is 69.7 Å². The number of rotatable bonds is 10. The molecular weight excluding hydrogens is 328 g/mol. The van der Waals surface area contributed by atoms with E-state index < -0.39 is 0 Å². The second kappa shape index (κ2) is 9.89. The van der Waals surface area contributed by atoms with Crippen LogP contribution in [0.5, 0.6) is 11.5 Å². The van der Waals surface area contributed by atoms with Crippen LogP contribution in [0.15, 0.2) is 29.1 Å². The first-order valence-electron chi connectivity index (χ1n) is 7.78. The largest absolute Gasteiger partial charge is 0.493 e. The molecule has 1 aromatic heterocycles. The summed E-state index contributed by atoms with van der Waals surface area (Å²) >= 11 is 1.52. The maximum Gasteiger partial charge on any atom is 0.251 e. The minimum absolute atomic E-state index is 0.143. The van der Waals surface area contributed by atoms with Crippen LogP contribution in [0.3, 0.4) is 0 Å². The van der Waals surface area contributed by atoms with Crippen LogP contribution in [0, 0.1) is 0 Å². The zero-order chi connectivity index (χ0) is 17.2. The molecule has 0 atom stereocenters. The lowest BCUT2D eigenvalue weighted by atomic mass is 10.2. The van der Waals surface area contributed by atoms with Gasteiger partial charge in [-0.2, -0.15) is 0 Å². The van der Waals surface area contributed by atoms with Gasteiger partial charge in [0.05, 0.1) is 18.3 Å². The summed E-state index contributed by atoms with van der Waals surface area (Å²) in [6.45, 7) is 4.21. The van der Waals surface area contributed by atoms with Gasteiger partial charge in [-0.3, -0.25) is 4.79 Å². The third-order valence-electron chi connectivity index (χ3n) is 3.24. The highest BCUT2D eigenvalue weighted by atomic mass is 32.1. The fraction of sp³-hybridized carbons (Fsp3) is 0.412. The Morgan fingerprint density at radius 3 is 2.92 bits per heavy atom. The second-order valence-electron chi connectivity index (χ2n) is 4.94. The quantitative estimate of drug-likeness (QED) is 0.667. The highest BCUT2D eigenvalue weighted by molar-refractivity contribution is 7.07. The number of carbonyl (C=O) groups excluding carboxylic acids is 1. The van der Waals surface area contributed by atoms with Gasteiger partial charge in [0, 0.05) is 30.7 Å². The molecule has 2 rings (SSSR count). The molecule has 0 fully saturated rings. The third-order valence-corrected chi connectivity index (χ3v) is 3.88. The van der Waals surface area contributed by atoms with E-state index in [2.05, 4.69) is 10.3 Å². The Morgan fingerprint density at radius 1 is 1.33 bits per heavy atom. The van der Waals surface area contributed by atoms with Crippen LogP contribution in [0.2, 0.25) is 0 Å². The average molecular weight is 350 g/mol. The van der Waals surface area contributed by atoms with Crippen molar-refractivity contribution in [3.8, 4) is 11.5 Å². The highest BCUT2D eigenvalue weighted by Crippen LogP contribution is 2.28. The maximum absolute atomic E-state index is 12.1. The lowest BCUT2D eigenvalue weighted by Crippen LogP contribution is -2.25. The van der Waals surface area contributed by atoms with E-state index in [0.29, 0.717) is 43.4 Å². The molecule has 2 aromatic rings. The normalized spacial score (nSPS) is 10.4. The van der Waals surface area contributed by atoms with Gasteiger partial charge in [-0.25, -0.2) is 4.98 Å². The summed E-state index contributed by atoms with van der Waals surface area (Å²) in [4.78, 5) is 16.3. The number of nitrogens with one attached hydrogen (secondary N) is 1. The molecule has 1 N–H and O–H groups in total. The number of hydrogen-bond donors (Lipinski definition) is 1. The van der Waals surface area contributed by atoms with Gasteiger partial charge in [0.2, 0.25) is 0 Å². The summed E-state index contributed by atoms with van der Waals surface area (Å²) in [6.07, 6.45) is 0.783. The molecule has 1 heterocycles. The first-order valence-corrected chi connectivity index (χ1v) is 8.72. The van der Waals surface area contributed by atoms with E-state index in [0.717, 1.165) is 12.1 Å². The van der Waals surface area contributed by atoms with Crippen LogP contribution in [0.1, 0.15) is 29.4 Å². The van der Waals surface area contributed by atoms with Crippen molar-refractivity contribution in [2.45, 2.75) is 20.0 Å². The van der Waals surface area contributed by atoms with Crippen LogP contribution in [0.25, 0.3) is 0 Å². The number of methoxy groups -OCH3 is 1. The number of benzene rings is 1. The van der Waals surface area contributed by atoms with E-state index in [1.807, 2.05) is 12.3 Å². The number of amides is 1. The lowest BCUT2D eigenvalue weighted by molar-refractivity contribution is 0.0944. The Morgan fingerprint density at radius 2 is 2.21 bits per heavy atom. The second-order valence-corrected chi connectivity index (χ2v) is 5.66. The minimum atomic E-state index is -0.143. The molecule has 0 unspecified atom stereocenters. The summed E-state index contributed by atoms with van der Waals surface area (Å²) in [5.74, 6) is 0.960. The van der Waals surface area contributed by atoms with E-state index >= 15 is 0 Å². The van der Waals surface area contributed by atoms with Gasteiger partial charge in [0.1, 0.15) is 6.61 Å². The Hall–Kier alpha value is -2.12. The smallest absolute Gasteiger partial charge is 0.251 e. The summed E-state index contributed by atoms with van der Waals surface area (Å²) in [5, 5.41) is 4.79. The number of nitrogens with zero attached hydrogens (tertiary/aromatic N) is 1. The molecule has 0 radical (unpaired) electrons. The van der Waals surface area contributed by atoms with Gasteiger partial charge in [0.15, 0.2) is 11.5 Å². The van der Waals surface area contributed by atoms with Gasteiger partial charge >= 0.3 is 0 Å². The molecule has 0 spiro atoms. The fourth-order valence-corrected chi connectivity index (χ4v) is 2.55. The van der Waals surface area contributed by atoms with Crippen LogP contribution in [-0.4, -0.2) is 37.8 Å². The summed E-state index contributed by atoms with van der Waals surface area (Å²) in [6, 6.07) is 5.13. The van der Waals surface area contributed by atoms with Crippen molar-refractivity contribution in [1.29, 1.82) is 0 Å². The highest BCUT2D eigenvalue weighted by Gasteiger charge is 2.11. The maximum atomic E-state index is 12.1. The molecule has 0 saturated carbocycles. The summed E-state index contributed by atoms with van der Waals surface area (Å²) in [5.41, 5.74) is 3.15. The molecule has 7 heteroatoms. The Kier molecular flexibility index (Phi) is 7.51. The van der Waals surface area contributed by atoms with Gasteiger partial charge in [0.25, 0.3) is 5.91 Å². The Labute approximate surface area is 145 Å². The predicted octanol–water partition coefficient (Wildman–Crippen LogP) is 2.89. The zero-order valence-electron chi connectivity index (χ0n) is 13.9. The third kappa shape index (κ3) is 5.50. The van der Waals surface area contributed by atoms with Crippen LogP contribution in [-0.2, 0) is 11.3 Å². The lowest BCUT2D eigenvalue weighted by Gasteiger charge is -2.12. The van der Waals surface area contributed by atoms with Crippen molar-refractivity contribution in [2.24, 2.45) is 0 Å². The SMILES string of the molecule is CCOCCCNC(=O)c1ccc(OCc2cscn2)c(OC)c1. The predicted molar refractivity (Wildman–Crippen MR) is 92.9 cm³/mol. The molecule has 1 aromatic carbocycles. The number of ether oxygens (including phenoxy) is 3.